The minimum atomic E-state index is -0.270. The molecule has 0 aliphatic carbocycles. The van der Waals surface area contributed by atoms with Gasteiger partial charge in [0.15, 0.2) is 5.78 Å². The van der Waals surface area contributed by atoms with Crippen LogP contribution in [0.1, 0.15) is 24.8 Å². The topological polar surface area (TPSA) is 58.2 Å². The average Bonchev–Trinajstić information content (AvgIpc) is 3.12. The first-order chi connectivity index (χ1) is 12.7. The SMILES string of the molecule is CC(C(=O)CC#N)c1ccc(-c2cn3ccc4ccccc4c3n2)cc1. The molecule has 0 spiro atoms. The molecule has 0 N–H and O–H groups in total. The normalized spacial score (nSPS) is 12.2. The van der Waals surface area contributed by atoms with Crippen LogP contribution in [0.4, 0.5) is 0 Å². The van der Waals surface area contributed by atoms with Gasteiger partial charge in [-0.25, -0.2) is 4.98 Å². The summed E-state index contributed by atoms with van der Waals surface area (Å²) < 4.78 is 2.03. The number of ketones is 1. The summed E-state index contributed by atoms with van der Waals surface area (Å²) in [6.45, 7) is 1.84. The maximum atomic E-state index is 11.9. The number of nitrogens with zero attached hydrogens (tertiary/aromatic N) is 3. The van der Waals surface area contributed by atoms with E-state index >= 15 is 0 Å². The van der Waals surface area contributed by atoms with E-state index in [2.05, 4.69) is 18.2 Å². The third kappa shape index (κ3) is 2.74. The van der Waals surface area contributed by atoms with E-state index in [1.54, 1.807) is 0 Å². The molecule has 0 aliphatic heterocycles. The van der Waals surface area contributed by atoms with Crippen molar-refractivity contribution in [3.63, 3.8) is 0 Å². The van der Waals surface area contributed by atoms with E-state index in [1.807, 2.05) is 66.2 Å². The number of nitriles is 1. The van der Waals surface area contributed by atoms with Crippen LogP contribution in [-0.2, 0) is 4.79 Å². The molecule has 0 saturated carbocycles. The summed E-state index contributed by atoms with van der Waals surface area (Å²) in [5.41, 5.74) is 3.74. The fourth-order valence-corrected chi connectivity index (χ4v) is 3.21. The van der Waals surface area contributed by atoms with E-state index in [1.165, 1.54) is 0 Å². The van der Waals surface area contributed by atoms with Crippen molar-refractivity contribution in [1.82, 2.24) is 9.38 Å². The number of hydrogen-bond acceptors (Lipinski definition) is 3. The number of aromatic nitrogens is 2. The lowest BCUT2D eigenvalue weighted by Crippen LogP contribution is -2.07. The summed E-state index contributed by atoms with van der Waals surface area (Å²) in [5.74, 6) is -0.326. The zero-order chi connectivity index (χ0) is 18.1. The van der Waals surface area contributed by atoms with Crippen LogP contribution in [0.15, 0.2) is 67.0 Å². The maximum absolute atomic E-state index is 11.9. The van der Waals surface area contributed by atoms with Gasteiger partial charge < -0.3 is 4.40 Å². The summed E-state index contributed by atoms with van der Waals surface area (Å²) in [6.07, 6.45) is 3.98. The highest BCUT2D eigenvalue weighted by atomic mass is 16.1. The van der Waals surface area contributed by atoms with Gasteiger partial charge >= 0.3 is 0 Å². The van der Waals surface area contributed by atoms with Gasteiger partial charge in [-0.2, -0.15) is 5.26 Å². The van der Waals surface area contributed by atoms with E-state index in [9.17, 15) is 4.79 Å². The summed E-state index contributed by atoms with van der Waals surface area (Å²) in [6, 6.07) is 20.1. The Morgan fingerprint density at radius 3 is 2.69 bits per heavy atom. The number of benzene rings is 2. The number of fused-ring (bicyclic) bond motifs is 3. The van der Waals surface area contributed by atoms with Gasteiger partial charge in [0.2, 0.25) is 0 Å². The second-order valence-corrected chi connectivity index (χ2v) is 6.40. The molecule has 1 unspecified atom stereocenters. The average molecular weight is 339 g/mol. The Labute approximate surface area is 151 Å². The molecule has 2 heterocycles. The van der Waals surface area contributed by atoms with E-state index < -0.39 is 0 Å². The molecule has 0 saturated heterocycles. The molecule has 0 amide bonds. The first-order valence-electron chi connectivity index (χ1n) is 8.54. The molecule has 4 nitrogen and oxygen atoms in total. The number of Topliss-reactive ketones (excluding diaryl/α,β-unsaturated/α-hetero) is 1. The number of carbonyl (C=O) groups excluding carboxylic acids is 1. The Balaban J connectivity index is 1.71. The van der Waals surface area contributed by atoms with Crippen molar-refractivity contribution in [1.29, 1.82) is 5.26 Å². The molecule has 4 heteroatoms. The lowest BCUT2D eigenvalue weighted by Gasteiger charge is -2.09. The van der Waals surface area contributed by atoms with Crippen molar-refractivity contribution < 1.29 is 4.79 Å². The van der Waals surface area contributed by atoms with Crippen molar-refractivity contribution in [2.45, 2.75) is 19.3 Å². The number of rotatable bonds is 4. The van der Waals surface area contributed by atoms with E-state index in [0.717, 1.165) is 33.2 Å². The summed E-state index contributed by atoms with van der Waals surface area (Å²) in [5, 5.41) is 11.0. The van der Waals surface area contributed by atoms with Crippen LogP contribution in [0.25, 0.3) is 27.7 Å². The molecule has 126 valence electrons. The molecule has 0 aliphatic rings. The number of carbonyl (C=O) groups is 1. The van der Waals surface area contributed by atoms with Crippen LogP contribution < -0.4 is 0 Å². The van der Waals surface area contributed by atoms with E-state index in [4.69, 9.17) is 10.2 Å². The highest BCUT2D eigenvalue weighted by Gasteiger charge is 2.15. The van der Waals surface area contributed by atoms with Gasteiger partial charge in [0.1, 0.15) is 5.65 Å². The van der Waals surface area contributed by atoms with Gasteiger partial charge in [-0.05, 0) is 17.0 Å². The summed E-state index contributed by atoms with van der Waals surface area (Å²) >= 11 is 0. The smallest absolute Gasteiger partial charge is 0.154 e. The Bertz CT molecular complexity index is 1150. The second-order valence-electron chi connectivity index (χ2n) is 6.40. The van der Waals surface area contributed by atoms with Gasteiger partial charge in [0, 0.05) is 29.3 Å². The molecule has 1 atom stereocenters. The van der Waals surface area contributed by atoms with Gasteiger partial charge in [0.25, 0.3) is 0 Å². The second kappa shape index (κ2) is 6.45. The molecule has 0 fully saturated rings. The third-order valence-electron chi connectivity index (χ3n) is 4.79. The highest BCUT2D eigenvalue weighted by molar-refractivity contribution is 5.94. The Kier molecular flexibility index (Phi) is 3.98. The van der Waals surface area contributed by atoms with Gasteiger partial charge in [0.05, 0.1) is 18.2 Å². The molecule has 2 aromatic heterocycles. The third-order valence-corrected chi connectivity index (χ3v) is 4.79. The minimum absolute atomic E-state index is 0.0531. The van der Waals surface area contributed by atoms with Crippen molar-refractivity contribution in [2.24, 2.45) is 0 Å². The Hall–Kier alpha value is -3.45. The lowest BCUT2D eigenvalue weighted by atomic mass is 9.94. The Morgan fingerprint density at radius 2 is 1.92 bits per heavy atom. The van der Waals surface area contributed by atoms with Crippen molar-refractivity contribution in [3.8, 4) is 17.3 Å². The molecular weight excluding hydrogens is 322 g/mol. The van der Waals surface area contributed by atoms with Crippen molar-refractivity contribution in [3.05, 3.63) is 72.6 Å². The molecule has 4 aromatic rings. The van der Waals surface area contributed by atoms with Gasteiger partial charge in [-0.3, -0.25) is 4.79 Å². The first-order valence-corrected chi connectivity index (χ1v) is 8.54. The molecule has 0 radical (unpaired) electrons. The molecule has 2 aromatic carbocycles. The van der Waals surface area contributed by atoms with Crippen LogP contribution in [0.3, 0.4) is 0 Å². The van der Waals surface area contributed by atoms with E-state index in [0.29, 0.717) is 0 Å². The lowest BCUT2D eigenvalue weighted by molar-refractivity contribution is -0.119. The highest BCUT2D eigenvalue weighted by Crippen LogP contribution is 2.26. The predicted molar refractivity (Wildman–Crippen MR) is 102 cm³/mol. The number of imidazole rings is 1. The monoisotopic (exact) mass is 339 g/mol. The maximum Gasteiger partial charge on any atom is 0.154 e. The fraction of sp³-hybridized carbons (Fsp3) is 0.136. The minimum Gasteiger partial charge on any atom is -0.306 e. The van der Waals surface area contributed by atoms with Crippen LogP contribution >= 0.6 is 0 Å². The zero-order valence-electron chi connectivity index (χ0n) is 14.4. The fourth-order valence-electron chi connectivity index (χ4n) is 3.21. The summed E-state index contributed by atoms with van der Waals surface area (Å²) in [7, 11) is 0. The van der Waals surface area contributed by atoms with Crippen LogP contribution in [-0.4, -0.2) is 15.2 Å². The van der Waals surface area contributed by atoms with Crippen molar-refractivity contribution in [2.75, 3.05) is 0 Å². The zero-order valence-corrected chi connectivity index (χ0v) is 14.4. The van der Waals surface area contributed by atoms with Crippen LogP contribution in [0.2, 0.25) is 0 Å². The number of pyridine rings is 1. The molecule has 4 rings (SSSR count). The quantitative estimate of drug-likeness (QED) is 0.539. The van der Waals surface area contributed by atoms with Crippen LogP contribution in [0, 0.1) is 11.3 Å². The van der Waals surface area contributed by atoms with Gasteiger partial charge in [-0.1, -0.05) is 55.5 Å². The van der Waals surface area contributed by atoms with Crippen LogP contribution in [0.5, 0.6) is 0 Å². The molecule has 0 bridgehead atoms. The first kappa shape index (κ1) is 16.0. The largest absolute Gasteiger partial charge is 0.306 e. The number of hydrogen-bond donors (Lipinski definition) is 0. The predicted octanol–water partition coefficient (Wildman–Crippen LogP) is 4.74. The van der Waals surface area contributed by atoms with Crippen molar-refractivity contribution >= 4 is 22.2 Å². The summed E-state index contributed by atoms with van der Waals surface area (Å²) in [4.78, 5) is 16.7. The standard InChI is InChI=1S/C22H17N3O/c1-15(21(26)10-12-23)16-6-8-18(9-7-16)20-14-25-13-11-17-4-2-3-5-19(17)22(25)24-20/h2-9,11,13-15H,10H2,1H3. The van der Waals surface area contributed by atoms with E-state index in [-0.39, 0.29) is 18.1 Å². The van der Waals surface area contributed by atoms with Gasteiger partial charge in [-0.15, -0.1) is 0 Å². The molecular formula is C22H17N3O. The molecule has 26 heavy (non-hydrogen) atoms. The Morgan fingerprint density at radius 1 is 1.15 bits per heavy atom.